The predicted molar refractivity (Wildman–Crippen MR) is 88.2 cm³/mol. The molecule has 0 atom stereocenters. The van der Waals surface area contributed by atoms with Gasteiger partial charge < -0.3 is 16.4 Å². The van der Waals surface area contributed by atoms with Crippen molar-refractivity contribution in [2.75, 3.05) is 13.1 Å². The largest absolute Gasteiger partial charge is 0.369 e. The van der Waals surface area contributed by atoms with Crippen LogP contribution in [0.1, 0.15) is 6.42 Å². The first kappa shape index (κ1) is 16.2. The summed E-state index contributed by atoms with van der Waals surface area (Å²) in [5.41, 5.74) is 11.8. The van der Waals surface area contributed by atoms with Gasteiger partial charge in [0.15, 0.2) is 5.96 Å². The standard InChI is InChI=1S/C12H13ClF2IN5/c13-8-5-7(1-2-9(8)16)19-10(17)20-11(18)21-4-3-12(14,15)6-21/h1-2,5H,3-4,6H2,(H4,17,18,19,20). The van der Waals surface area contributed by atoms with Crippen LogP contribution in [-0.2, 0) is 0 Å². The molecule has 0 bridgehead atoms. The molecule has 0 spiro atoms. The average Bonchev–Trinajstić information content (AvgIpc) is 2.74. The minimum atomic E-state index is -2.74. The van der Waals surface area contributed by atoms with Gasteiger partial charge in [0, 0.05) is 16.5 Å². The van der Waals surface area contributed by atoms with E-state index in [4.69, 9.17) is 23.1 Å². The van der Waals surface area contributed by atoms with Gasteiger partial charge in [0.1, 0.15) is 0 Å². The molecular weight excluding hydrogens is 415 g/mol. The Balaban J connectivity index is 2.12. The second-order valence-electron chi connectivity index (χ2n) is 4.57. The van der Waals surface area contributed by atoms with Gasteiger partial charge in [-0.25, -0.2) is 13.8 Å². The van der Waals surface area contributed by atoms with Crippen LogP contribution in [0.25, 0.3) is 0 Å². The summed E-state index contributed by atoms with van der Waals surface area (Å²) >= 11 is 8.05. The van der Waals surface area contributed by atoms with E-state index < -0.39 is 12.5 Å². The van der Waals surface area contributed by atoms with Crippen molar-refractivity contribution in [3.63, 3.8) is 0 Å². The first-order valence-corrected chi connectivity index (χ1v) is 7.49. The summed E-state index contributed by atoms with van der Waals surface area (Å²) in [7, 11) is 0. The zero-order chi connectivity index (χ0) is 15.6. The molecule has 9 heteroatoms. The highest BCUT2D eigenvalue weighted by Gasteiger charge is 2.39. The maximum atomic E-state index is 13.1. The van der Waals surface area contributed by atoms with Gasteiger partial charge in [-0.05, 0) is 40.8 Å². The molecule has 0 unspecified atom stereocenters. The number of aliphatic imine (C=N–C) groups is 2. The number of hydrogen-bond acceptors (Lipinski definition) is 1. The molecule has 2 rings (SSSR count). The Morgan fingerprint density at radius 3 is 2.67 bits per heavy atom. The fourth-order valence-electron chi connectivity index (χ4n) is 1.83. The quantitative estimate of drug-likeness (QED) is 0.411. The van der Waals surface area contributed by atoms with Gasteiger partial charge in [-0.15, -0.1) is 0 Å². The van der Waals surface area contributed by atoms with Crippen molar-refractivity contribution >= 4 is 51.8 Å². The molecule has 1 aromatic rings. The second kappa shape index (κ2) is 6.30. The van der Waals surface area contributed by atoms with Gasteiger partial charge in [0.2, 0.25) is 5.96 Å². The molecule has 4 N–H and O–H groups in total. The van der Waals surface area contributed by atoms with Crippen LogP contribution >= 0.6 is 34.2 Å². The lowest BCUT2D eigenvalue weighted by atomic mass is 10.3. The number of likely N-dealkylation sites (tertiary alicyclic amines) is 1. The number of halogens is 4. The van der Waals surface area contributed by atoms with E-state index in [0.717, 1.165) is 3.57 Å². The first-order chi connectivity index (χ1) is 9.77. The van der Waals surface area contributed by atoms with Gasteiger partial charge in [0.25, 0.3) is 5.92 Å². The topological polar surface area (TPSA) is 80.0 Å². The number of nitrogens with zero attached hydrogens (tertiary/aromatic N) is 3. The molecule has 1 aliphatic rings. The Morgan fingerprint density at radius 1 is 1.38 bits per heavy atom. The lowest BCUT2D eigenvalue weighted by Crippen LogP contribution is -2.38. The lowest BCUT2D eigenvalue weighted by Gasteiger charge is -2.16. The molecule has 1 aromatic carbocycles. The van der Waals surface area contributed by atoms with Crippen molar-refractivity contribution in [2.45, 2.75) is 12.3 Å². The van der Waals surface area contributed by atoms with Crippen LogP contribution in [0, 0.1) is 3.57 Å². The van der Waals surface area contributed by atoms with Crippen LogP contribution in [0.15, 0.2) is 28.2 Å². The second-order valence-corrected chi connectivity index (χ2v) is 6.14. The van der Waals surface area contributed by atoms with Crippen molar-refractivity contribution < 1.29 is 8.78 Å². The lowest BCUT2D eigenvalue weighted by molar-refractivity contribution is 0.0175. The highest BCUT2D eigenvalue weighted by Crippen LogP contribution is 2.26. The molecule has 1 aliphatic heterocycles. The molecule has 0 radical (unpaired) electrons. The molecule has 0 aliphatic carbocycles. The van der Waals surface area contributed by atoms with Crippen LogP contribution < -0.4 is 11.5 Å². The molecule has 1 saturated heterocycles. The molecule has 21 heavy (non-hydrogen) atoms. The zero-order valence-electron chi connectivity index (χ0n) is 10.9. The number of rotatable bonds is 1. The molecule has 114 valence electrons. The minimum Gasteiger partial charge on any atom is -0.369 e. The monoisotopic (exact) mass is 427 g/mol. The normalized spacial score (nSPS) is 19.1. The van der Waals surface area contributed by atoms with Crippen LogP contribution in [0.5, 0.6) is 0 Å². The summed E-state index contributed by atoms with van der Waals surface area (Å²) in [5, 5.41) is 0.542. The first-order valence-electron chi connectivity index (χ1n) is 6.03. The fraction of sp³-hybridized carbons (Fsp3) is 0.333. The molecule has 1 heterocycles. The SMILES string of the molecule is NC(=Nc1ccc(I)c(Cl)c1)N=C(N)N1CCC(F)(F)C1. The van der Waals surface area contributed by atoms with E-state index in [1.807, 2.05) is 0 Å². The maximum Gasteiger partial charge on any atom is 0.267 e. The van der Waals surface area contributed by atoms with Crippen LogP contribution in [-0.4, -0.2) is 35.8 Å². The molecule has 1 fully saturated rings. The molecule has 0 aromatic heterocycles. The van der Waals surface area contributed by atoms with Crippen molar-refractivity contribution in [1.82, 2.24) is 4.90 Å². The van der Waals surface area contributed by atoms with Gasteiger partial charge in [-0.2, -0.15) is 4.99 Å². The van der Waals surface area contributed by atoms with E-state index in [9.17, 15) is 8.78 Å². The Hall–Kier alpha value is -1.16. The third kappa shape index (κ3) is 4.40. The van der Waals surface area contributed by atoms with Gasteiger partial charge in [0.05, 0.1) is 17.3 Å². The third-order valence-corrected chi connectivity index (χ3v) is 4.44. The van der Waals surface area contributed by atoms with E-state index in [1.165, 1.54) is 4.90 Å². The van der Waals surface area contributed by atoms with E-state index in [2.05, 4.69) is 32.6 Å². The zero-order valence-corrected chi connectivity index (χ0v) is 13.8. The minimum absolute atomic E-state index is 0.0648. The Bertz CT molecular complexity index is 605. The highest BCUT2D eigenvalue weighted by atomic mass is 127. The van der Waals surface area contributed by atoms with E-state index in [0.29, 0.717) is 10.7 Å². The summed E-state index contributed by atoms with van der Waals surface area (Å²) in [6.07, 6.45) is -0.243. The fourth-order valence-corrected chi connectivity index (χ4v) is 2.34. The van der Waals surface area contributed by atoms with Crippen molar-refractivity contribution in [1.29, 1.82) is 0 Å². The van der Waals surface area contributed by atoms with E-state index in [1.54, 1.807) is 18.2 Å². The van der Waals surface area contributed by atoms with Crippen molar-refractivity contribution in [3.05, 3.63) is 26.8 Å². The number of alkyl halides is 2. The smallest absolute Gasteiger partial charge is 0.267 e. The molecule has 5 nitrogen and oxygen atoms in total. The van der Waals surface area contributed by atoms with Gasteiger partial charge in [-0.1, -0.05) is 11.6 Å². The number of benzene rings is 1. The van der Waals surface area contributed by atoms with Crippen molar-refractivity contribution in [2.24, 2.45) is 21.5 Å². The van der Waals surface area contributed by atoms with Gasteiger partial charge >= 0.3 is 0 Å². The number of hydrogen-bond donors (Lipinski definition) is 2. The van der Waals surface area contributed by atoms with E-state index in [-0.39, 0.29) is 24.9 Å². The number of nitrogens with two attached hydrogens (primary N) is 2. The summed E-state index contributed by atoms with van der Waals surface area (Å²) in [4.78, 5) is 9.16. The maximum absolute atomic E-state index is 13.1. The Labute approximate surface area is 139 Å². The number of guanidine groups is 2. The Morgan fingerprint density at radius 2 is 2.10 bits per heavy atom. The molecular formula is C12H13ClF2IN5. The van der Waals surface area contributed by atoms with Crippen LogP contribution in [0.4, 0.5) is 14.5 Å². The average molecular weight is 428 g/mol. The summed E-state index contributed by atoms with van der Waals surface area (Å²) < 4.78 is 27.1. The summed E-state index contributed by atoms with van der Waals surface area (Å²) in [5.74, 6) is -2.92. The van der Waals surface area contributed by atoms with Gasteiger partial charge in [-0.3, -0.25) is 0 Å². The highest BCUT2D eigenvalue weighted by molar-refractivity contribution is 14.1. The van der Waals surface area contributed by atoms with Crippen LogP contribution in [0.3, 0.4) is 0 Å². The Kier molecular flexibility index (Phi) is 4.87. The predicted octanol–water partition coefficient (Wildman–Crippen LogP) is 2.55. The molecule has 0 saturated carbocycles. The van der Waals surface area contributed by atoms with Crippen LogP contribution in [0.2, 0.25) is 5.02 Å². The van der Waals surface area contributed by atoms with E-state index >= 15 is 0 Å². The van der Waals surface area contributed by atoms with Crippen molar-refractivity contribution in [3.8, 4) is 0 Å². The summed E-state index contributed by atoms with van der Waals surface area (Å²) in [6.45, 7) is -0.310. The summed E-state index contributed by atoms with van der Waals surface area (Å²) in [6, 6.07) is 5.13. The molecule has 0 amide bonds. The third-order valence-electron chi connectivity index (χ3n) is 2.87.